The van der Waals surface area contributed by atoms with Crippen molar-refractivity contribution in [1.29, 1.82) is 0 Å². The monoisotopic (exact) mass is 458 g/mol. The minimum atomic E-state index is -0.712. The van der Waals surface area contributed by atoms with Crippen LogP contribution >= 0.6 is 0 Å². The first-order valence-electron chi connectivity index (χ1n) is 10.5. The summed E-state index contributed by atoms with van der Waals surface area (Å²) in [7, 11) is 0. The number of allylic oxidation sites excluding steroid dienone is 1. The summed E-state index contributed by atoms with van der Waals surface area (Å²) in [6.45, 7) is 2.05. The Morgan fingerprint density at radius 1 is 1.06 bits per heavy atom. The SMILES string of the molecule is CC1=C(C(=O)Nc2cccc([N+](=O)[O-])c2)[C@@H](c2ccc(OCc3ccccc3)cc2)NC(=O)N1. The van der Waals surface area contributed by atoms with Gasteiger partial charge >= 0.3 is 6.03 Å². The molecule has 1 atom stereocenters. The van der Waals surface area contributed by atoms with E-state index in [1.165, 1.54) is 18.2 Å². The highest BCUT2D eigenvalue weighted by atomic mass is 16.6. The lowest BCUT2D eigenvalue weighted by Crippen LogP contribution is -2.45. The summed E-state index contributed by atoms with van der Waals surface area (Å²) >= 11 is 0. The number of nitrogens with zero attached hydrogens (tertiary/aromatic N) is 1. The van der Waals surface area contributed by atoms with Crippen LogP contribution in [0.15, 0.2) is 90.1 Å². The van der Waals surface area contributed by atoms with E-state index in [-0.39, 0.29) is 11.4 Å². The molecule has 0 bridgehead atoms. The molecule has 1 heterocycles. The number of nitro benzene ring substituents is 1. The third-order valence-electron chi connectivity index (χ3n) is 5.29. The van der Waals surface area contributed by atoms with Crippen molar-refractivity contribution in [3.8, 4) is 5.75 Å². The van der Waals surface area contributed by atoms with Crippen molar-refractivity contribution in [2.75, 3.05) is 5.32 Å². The van der Waals surface area contributed by atoms with Crippen molar-refractivity contribution in [2.45, 2.75) is 19.6 Å². The first-order valence-corrected chi connectivity index (χ1v) is 10.5. The Balaban J connectivity index is 1.53. The van der Waals surface area contributed by atoms with Crippen LogP contribution in [0.2, 0.25) is 0 Å². The largest absolute Gasteiger partial charge is 0.489 e. The zero-order chi connectivity index (χ0) is 24.1. The van der Waals surface area contributed by atoms with Gasteiger partial charge < -0.3 is 20.7 Å². The predicted octanol–water partition coefficient (Wildman–Crippen LogP) is 4.44. The fourth-order valence-electron chi connectivity index (χ4n) is 3.64. The van der Waals surface area contributed by atoms with Gasteiger partial charge in [0.25, 0.3) is 11.6 Å². The molecule has 0 radical (unpaired) electrons. The van der Waals surface area contributed by atoms with Gasteiger partial charge in [-0.25, -0.2) is 4.79 Å². The van der Waals surface area contributed by atoms with Gasteiger partial charge in [0.1, 0.15) is 12.4 Å². The lowest BCUT2D eigenvalue weighted by atomic mass is 9.94. The van der Waals surface area contributed by atoms with Crippen molar-refractivity contribution in [2.24, 2.45) is 0 Å². The molecule has 0 fully saturated rings. The van der Waals surface area contributed by atoms with Crippen LogP contribution in [0.4, 0.5) is 16.2 Å². The molecule has 172 valence electrons. The Labute approximate surface area is 195 Å². The first-order chi connectivity index (χ1) is 16.4. The number of nitro groups is 1. The number of hydrogen-bond donors (Lipinski definition) is 3. The van der Waals surface area contributed by atoms with Crippen LogP contribution in [-0.2, 0) is 11.4 Å². The summed E-state index contributed by atoms with van der Waals surface area (Å²) in [4.78, 5) is 35.8. The zero-order valence-electron chi connectivity index (χ0n) is 18.3. The molecule has 0 saturated heterocycles. The van der Waals surface area contributed by atoms with Crippen LogP contribution in [0.25, 0.3) is 0 Å². The van der Waals surface area contributed by atoms with E-state index in [1.54, 1.807) is 37.3 Å². The van der Waals surface area contributed by atoms with E-state index < -0.39 is 22.9 Å². The average molecular weight is 458 g/mol. The molecule has 34 heavy (non-hydrogen) atoms. The molecular weight excluding hydrogens is 436 g/mol. The van der Waals surface area contributed by atoms with Gasteiger partial charge in [0.2, 0.25) is 0 Å². The van der Waals surface area contributed by atoms with E-state index in [2.05, 4.69) is 16.0 Å². The van der Waals surface area contributed by atoms with E-state index in [9.17, 15) is 19.7 Å². The lowest BCUT2D eigenvalue weighted by molar-refractivity contribution is -0.384. The Morgan fingerprint density at radius 2 is 1.79 bits per heavy atom. The summed E-state index contributed by atoms with van der Waals surface area (Å²) in [5.74, 6) is 0.163. The fourth-order valence-corrected chi connectivity index (χ4v) is 3.64. The number of rotatable bonds is 7. The van der Waals surface area contributed by atoms with Crippen LogP contribution in [0.1, 0.15) is 24.1 Å². The standard InChI is InChI=1S/C25H22N4O5/c1-16-22(24(30)27-19-8-5-9-20(14-19)29(32)33)23(28-25(31)26-16)18-10-12-21(13-11-18)34-15-17-6-3-2-4-7-17/h2-14,23H,15H2,1H3,(H,27,30)(H2,26,28,31)/t23-/m1/s1. The second kappa shape index (κ2) is 9.86. The Hall–Kier alpha value is -4.66. The molecule has 0 aliphatic carbocycles. The Bertz CT molecular complexity index is 1260. The smallest absolute Gasteiger partial charge is 0.319 e. The van der Waals surface area contributed by atoms with Crippen LogP contribution in [0, 0.1) is 10.1 Å². The number of carbonyl (C=O) groups is 2. The van der Waals surface area contributed by atoms with Crippen molar-refractivity contribution in [3.63, 3.8) is 0 Å². The highest BCUT2D eigenvalue weighted by molar-refractivity contribution is 6.06. The van der Waals surface area contributed by atoms with E-state index in [4.69, 9.17) is 4.74 Å². The number of ether oxygens (including phenoxy) is 1. The molecular formula is C25H22N4O5. The van der Waals surface area contributed by atoms with Crippen LogP contribution in [-0.4, -0.2) is 16.9 Å². The minimum absolute atomic E-state index is 0.138. The summed E-state index contributed by atoms with van der Waals surface area (Å²) in [5, 5.41) is 19.1. The van der Waals surface area contributed by atoms with Gasteiger partial charge in [0.15, 0.2) is 0 Å². The second-order valence-corrected chi connectivity index (χ2v) is 7.68. The maximum atomic E-state index is 13.1. The zero-order valence-corrected chi connectivity index (χ0v) is 18.3. The maximum Gasteiger partial charge on any atom is 0.319 e. The quantitative estimate of drug-likeness (QED) is 0.357. The molecule has 1 aliphatic heterocycles. The van der Waals surface area contributed by atoms with Gasteiger partial charge in [-0.15, -0.1) is 0 Å². The van der Waals surface area contributed by atoms with E-state index in [1.807, 2.05) is 30.3 Å². The summed E-state index contributed by atoms with van der Waals surface area (Å²) in [6, 6.07) is 21.4. The molecule has 3 amide bonds. The summed E-state index contributed by atoms with van der Waals surface area (Å²) in [5.41, 5.74) is 2.55. The molecule has 1 aliphatic rings. The van der Waals surface area contributed by atoms with Crippen LogP contribution in [0.5, 0.6) is 5.75 Å². The van der Waals surface area contributed by atoms with Gasteiger partial charge in [-0.3, -0.25) is 14.9 Å². The minimum Gasteiger partial charge on any atom is -0.489 e. The van der Waals surface area contributed by atoms with Gasteiger partial charge in [-0.1, -0.05) is 48.5 Å². The molecule has 4 rings (SSSR count). The lowest BCUT2D eigenvalue weighted by Gasteiger charge is -2.28. The third-order valence-corrected chi connectivity index (χ3v) is 5.29. The maximum absolute atomic E-state index is 13.1. The van der Waals surface area contributed by atoms with Gasteiger partial charge in [0.05, 0.1) is 16.5 Å². The first kappa shape index (κ1) is 22.5. The fraction of sp³-hybridized carbons (Fsp3) is 0.120. The number of nitrogens with one attached hydrogen (secondary N) is 3. The van der Waals surface area contributed by atoms with Gasteiger partial charge in [-0.05, 0) is 36.2 Å². The molecule has 9 nitrogen and oxygen atoms in total. The van der Waals surface area contributed by atoms with Crippen molar-refractivity contribution in [1.82, 2.24) is 10.6 Å². The number of hydrogen-bond acceptors (Lipinski definition) is 5. The van der Waals surface area contributed by atoms with E-state index in [0.717, 1.165) is 5.56 Å². The van der Waals surface area contributed by atoms with Crippen LogP contribution < -0.4 is 20.7 Å². The molecule has 3 aromatic rings. The number of anilines is 1. The summed E-state index contributed by atoms with van der Waals surface area (Å²) < 4.78 is 5.81. The van der Waals surface area contributed by atoms with Crippen LogP contribution in [0.3, 0.4) is 0 Å². The van der Waals surface area contributed by atoms with Gasteiger partial charge in [0, 0.05) is 23.5 Å². The van der Waals surface area contributed by atoms with Crippen molar-refractivity contribution < 1.29 is 19.2 Å². The number of non-ortho nitro benzene ring substituents is 1. The number of urea groups is 1. The van der Waals surface area contributed by atoms with E-state index >= 15 is 0 Å². The van der Waals surface area contributed by atoms with Gasteiger partial charge in [-0.2, -0.15) is 0 Å². The molecule has 0 aromatic heterocycles. The number of carbonyl (C=O) groups excluding carboxylic acids is 2. The second-order valence-electron chi connectivity index (χ2n) is 7.68. The predicted molar refractivity (Wildman–Crippen MR) is 126 cm³/mol. The average Bonchev–Trinajstić information content (AvgIpc) is 2.83. The normalized spacial score (nSPS) is 15.2. The Morgan fingerprint density at radius 3 is 2.50 bits per heavy atom. The number of amides is 3. The highest BCUT2D eigenvalue weighted by Crippen LogP contribution is 2.29. The molecule has 3 N–H and O–H groups in total. The van der Waals surface area contributed by atoms with Crippen molar-refractivity contribution >= 4 is 23.3 Å². The molecule has 0 saturated carbocycles. The third kappa shape index (κ3) is 5.21. The molecule has 0 spiro atoms. The molecule has 3 aromatic carbocycles. The topological polar surface area (TPSA) is 123 Å². The summed E-state index contributed by atoms with van der Waals surface area (Å²) in [6.07, 6.45) is 0. The van der Waals surface area contributed by atoms with Crippen molar-refractivity contribution in [3.05, 3.63) is 111 Å². The van der Waals surface area contributed by atoms with E-state index in [0.29, 0.717) is 29.2 Å². The molecule has 9 heteroatoms. The Kier molecular flexibility index (Phi) is 6.54. The molecule has 0 unspecified atom stereocenters. The highest BCUT2D eigenvalue weighted by Gasteiger charge is 2.31. The number of benzene rings is 3.